The van der Waals surface area contributed by atoms with Gasteiger partial charge in [-0.25, -0.2) is 0 Å². The van der Waals surface area contributed by atoms with Gasteiger partial charge in [0.15, 0.2) is 0 Å². The standard InChI is InChI=1S/C16H28F3N3O.2ClH/c17-16(18,19)11-22-8-5-12(6-9-22)4-7-21-15(23)14-3-1-2-13(14)10-20;;/h12-14H,1-11,20H2,(H,21,23);2*1H/t13-,14-;;/m1../s1. The monoisotopic (exact) mass is 407 g/mol. The molecule has 1 aliphatic carbocycles. The molecule has 1 aliphatic heterocycles. The van der Waals surface area contributed by atoms with E-state index in [9.17, 15) is 18.0 Å². The molecule has 0 unspecified atom stereocenters. The number of alkyl halides is 3. The van der Waals surface area contributed by atoms with Crippen LogP contribution in [0.15, 0.2) is 0 Å². The number of nitrogens with zero attached hydrogens (tertiary/aromatic N) is 1. The molecule has 1 saturated heterocycles. The molecule has 2 atom stereocenters. The van der Waals surface area contributed by atoms with Gasteiger partial charge in [-0.3, -0.25) is 9.69 Å². The van der Waals surface area contributed by atoms with Crippen LogP contribution in [-0.4, -0.2) is 49.7 Å². The lowest BCUT2D eigenvalue weighted by atomic mass is 9.92. The minimum absolute atomic E-state index is 0. The third kappa shape index (κ3) is 8.33. The van der Waals surface area contributed by atoms with E-state index in [1.54, 1.807) is 0 Å². The number of nitrogens with two attached hydrogens (primary N) is 1. The van der Waals surface area contributed by atoms with Gasteiger partial charge in [0, 0.05) is 12.5 Å². The normalized spacial score (nSPS) is 25.1. The number of nitrogens with one attached hydrogen (secondary N) is 1. The topological polar surface area (TPSA) is 58.4 Å². The van der Waals surface area contributed by atoms with Gasteiger partial charge in [-0.1, -0.05) is 6.42 Å². The van der Waals surface area contributed by atoms with E-state index in [4.69, 9.17) is 5.73 Å². The Bertz CT molecular complexity index is 391. The number of halogens is 5. The summed E-state index contributed by atoms with van der Waals surface area (Å²) < 4.78 is 37.0. The number of piperidine rings is 1. The molecule has 150 valence electrons. The van der Waals surface area contributed by atoms with Gasteiger partial charge < -0.3 is 11.1 Å². The quantitative estimate of drug-likeness (QED) is 0.711. The van der Waals surface area contributed by atoms with Crippen molar-refractivity contribution in [3.05, 3.63) is 0 Å². The molecule has 3 N–H and O–H groups in total. The van der Waals surface area contributed by atoms with E-state index in [2.05, 4.69) is 5.32 Å². The Balaban J connectivity index is 0.00000288. The molecule has 1 amide bonds. The number of amides is 1. The first-order valence-electron chi connectivity index (χ1n) is 8.66. The van der Waals surface area contributed by atoms with Gasteiger partial charge in [-0.15, -0.1) is 24.8 Å². The molecule has 0 radical (unpaired) electrons. The van der Waals surface area contributed by atoms with Crippen molar-refractivity contribution in [3.8, 4) is 0 Å². The molecule has 2 fully saturated rings. The molecule has 2 aliphatic rings. The maximum atomic E-state index is 12.3. The lowest BCUT2D eigenvalue weighted by molar-refractivity contribution is -0.148. The third-order valence-corrected chi connectivity index (χ3v) is 5.26. The number of likely N-dealkylation sites (tertiary alicyclic amines) is 1. The molecule has 0 spiro atoms. The molecule has 1 saturated carbocycles. The van der Waals surface area contributed by atoms with E-state index < -0.39 is 12.7 Å². The lowest BCUT2D eigenvalue weighted by Crippen LogP contribution is -2.41. The molecular formula is C16H30Cl2F3N3O. The average Bonchev–Trinajstić information content (AvgIpc) is 2.96. The summed E-state index contributed by atoms with van der Waals surface area (Å²) in [5.74, 6) is 0.871. The van der Waals surface area contributed by atoms with E-state index in [1.165, 1.54) is 4.90 Å². The third-order valence-electron chi connectivity index (χ3n) is 5.26. The highest BCUT2D eigenvalue weighted by atomic mass is 35.5. The highest BCUT2D eigenvalue weighted by Gasteiger charge is 2.33. The number of rotatable bonds is 6. The molecule has 25 heavy (non-hydrogen) atoms. The van der Waals surface area contributed by atoms with Crippen LogP contribution in [0.25, 0.3) is 0 Å². The van der Waals surface area contributed by atoms with Crippen molar-refractivity contribution in [2.24, 2.45) is 23.5 Å². The number of hydrogen-bond acceptors (Lipinski definition) is 3. The van der Waals surface area contributed by atoms with Crippen molar-refractivity contribution in [2.75, 3.05) is 32.7 Å². The Morgan fingerprint density at radius 2 is 1.76 bits per heavy atom. The summed E-state index contributed by atoms with van der Waals surface area (Å²) in [5, 5.41) is 3.00. The molecule has 2 rings (SSSR count). The second-order valence-corrected chi connectivity index (χ2v) is 6.95. The summed E-state index contributed by atoms with van der Waals surface area (Å²) >= 11 is 0. The predicted molar refractivity (Wildman–Crippen MR) is 97.2 cm³/mol. The first-order valence-corrected chi connectivity index (χ1v) is 8.66. The Morgan fingerprint density at radius 1 is 1.12 bits per heavy atom. The minimum atomic E-state index is -4.11. The zero-order chi connectivity index (χ0) is 16.9. The Kier molecular flexibility index (Phi) is 11.4. The summed E-state index contributed by atoms with van der Waals surface area (Å²) in [7, 11) is 0. The maximum Gasteiger partial charge on any atom is 0.401 e. The minimum Gasteiger partial charge on any atom is -0.356 e. The number of carbonyl (C=O) groups is 1. The molecule has 4 nitrogen and oxygen atoms in total. The largest absolute Gasteiger partial charge is 0.401 e. The van der Waals surface area contributed by atoms with Gasteiger partial charge in [0.1, 0.15) is 0 Å². The summed E-state index contributed by atoms with van der Waals surface area (Å²) in [6.45, 7) is 1.37. The van der Waals surface area contributed by atoms with E-state index >= 15 is 0 Å². The van der Waals surface area contributed by atoms with Gasteiger partial charge in [-0.2, -0.15) is 13.2 Å². The van der Waals surface area contributed by atoms with Crippen molar-refractivity contribution >= 4 is 30.7 Å². The van der Waals surface area contributed by atoms with Gasteiger partial charge in [0.2, 0.25) is 5.91 Å². The van der Waals surface area contributed by atoms with Crippen LogP contribution >= 0.6 is 24.8 Å². The van der Waals surface area contributed by atoms with Crippen LogP contribution in [0.2, 0.25) is 0 Å². The van der Waals surface area contributed by atoms with Crippen molar-refractivity contribution < 1.29 is 18.0 Å². The van der Waals surface area contributed by atoms with E-state index in [-0.39, 0.29) is 36.6 Å². The van der Waals surface area contributed by atoms with Crippen LogP contribution in [0.3, 0.4) is 0 Å². The fraction of sp³-hybridized carbons (Fsp3) is 0.938. The predicted octanol–water partition coefficient (Wildman–Crippen LogP) is 2.99. The van der Waals surface area contributed by atoms with E-state index in [0.717, 1.165) is 38.5 Å². The average molecular weight is 408 g/mol. The summed E-state index contributed by atoms with van der Waals surface area (Å²) in [6.07, 6.45) is 1.32. The van der Waals surface area contributed by atoms with Crippen molar-refractivity contribution in [2.45, 2.75) is 44.7 Å². The van der Waals surface area contributed by atoms with Crippen LogP contribution in [-0.2, 0) is 4.79 Å². The number of hydrogen-bond donors (Lipinski definition) is 2. The van der Waals surface area contributed by atoms with Crippen LogP contribution < -0.4 is 11.1 Å². The number of carbonyl (C=O) groups excluding carboxylic acids is 1. The van der Waals surface area contributed by atoms with Gasteiger partial charge in [0.05, 0.1) is 6.54 Å². The summed E-state index contributed by atoms with van der Waals surface area (Å²) in [5.41, 5.74) is 5.70. The van der Waals surface area contributed by atoms with Gasteiger partial charge in [0.25, 0.3) is 0 Å². The summed E-state index contributed by atoms with van der Waals surface area (Å²) in [6, 6.07) is 0. The van der Waals surface area contributed by atoms with Crippen LogP contribution in [0.1, 0.15) is 38.5 Å². The molecule has 0 aromatic carbocycles. The SMILES string of the molecule is Cl.Cl.NC[C@H]1CCC[C@H]1C(=O)NCCC1CCN(CC(F)(F)F)CC1. The second kappa shape index (κ2) is 11.5. The van der Waals surface area contributed by atoms with Gasteiger partial charge in [-0.05, 0) is 63.6 Å². The van der Waals surface area contributed by atoms with Crippen LogP contribution in [0, 0.1) is 17.8 Å². The highest BCUT2D eigenvalue weighted by molar-refractivity contribution is 5.85. The lowest BCUT2D eigenvalue weighted by Gasteiger charge is -2.32. The smallest absolute Gasteiger partial charge is 0.356 e. The first kappa shape index (κ1) is 24.8. The maximum absolute atomic E-state index is 12.3. The van der Waals surface area contributed by atoms with Gasteiger partial charge >= 0.3 is 6.18 Å². The molecule has 0 aromatic rings. The van der Waals surface area contributed by atoms with Crippen LogP contribution in [0.4, 0.5) is 13.2 Å². The fourth-order valence-corrected chi connectivity index (χ4v) is 3.88. The Labute approximate surface area is 160 Å². The Morgan fingerprint density at radius 3 is 2.32 bits per heavy atom. The van der Waals surface area contributed by atoms with Crippen molar-refractivity contribution in [1.29, 1.82) is 0 Å². The zero-order valence-corrected chi connectivity index (χ0v) is 16.0. The van der Waals surface area contributed by atoms with Crippen molar-refractivity contribution in [1.82, 2.24) is 10.2 Å². The molecule has 0 bridgehead atoms. The zero-order valence-electron chi connectivity index (χ0n) is 14.4. The van der Waals surface area contributed by atoms with E-state index in [0.29, 0.717) is 38.0 Å². The Hall–Kier alpha value is -0.240. The van der Waals surface area contributed by atoms with E-state index in [1.807, 2.05) is 0 Å². The highest BCUT2D eigenvalue weighted by Crippen LogP contribution is 2.31. The molecule has 9 heteroatoms. The summed E-state index contributed by atoms with van der Waals surface area (Å²) in [4.78, 5) is 13.6. The molecule has 0 aromatic heterocycles. The van der Waals surface area contributed by atoms with Crippen molar-refractivity contribution in [3.63, 3.8) is 0 Å². The molecular weight excluding hydrogens is 378 g/mol. The second-order valence-electron chi connectivity index (χ2n) is 6.95. The molecule has 1 heterocycles. The van der Waals surface area contributed by atoms with Crippen LogP contribution in [0.5, 0.6) is 0 Å². The first-order chi connectivity index (χ1) is 10.9. The fourth-order valence-electron chi connectivity index (χ4n) is 3.88.